The number of hydrogen-bond acceptors (Lipinski definition) is 5. The molecule has 1 saturated heterocycles. The van der Waals surface area contributed by atoms with Gasteiger partial charge in [-0.05, 0) is 35.1 Å². The van der Waals surface area contributed by atoms with Crippen LogP contribution >= 0.6 is 0 Å². The summed E-state index contributed by atoms with van der Waals surface area (Å²) in [7, 11) is 1.78. The lowest BCUT2D eigenvalue weighted by molar-refractivity contribution is 0.127. The Labute approximate surface area is 194 Å². The summed E-state index contributed by atoms with van der Waals surface area (Å²) in [6.07, 6.45) is 4.95. The van der Waals surface area contributed by atoms with Crippen molar-refractivity contribution in [1.82, 2.24) is 25.4 Å². The molecule has 33 heavy (non-hydrogen) atoms. The molecule has 1 unspecified atom stereocenters. The minimum absolute atomic E-state index is 0.0295. The molecule has 8 heteroatoms. The van der Waals surface area contributed by atoms with E-state index < -0.39 is 0 Å². The summed E-state index contributed by atoms with van der Waals surface area (Å²) in [5, 5.41) is 20.5. The summed E-state index contributed by atoms with van der Waals surface area (Å²) in [6.45, 7) is 3.67. The summed E-state index contributed by atoms with van der Waals surface area (Å²) in [5.74, 6) is 0.747. The van der Waals surface area contributed by atoms with Gasteiger partial charge in [0.15, 0.2) is 5.96 Å². The van der Waals surface area contributed by atoms with Crippen molar-refractivity contribution in [2.45, 2.75) is 25.9 Å². The number of guanidine groups is 1. The molecule has 174 valence electrons. The van der Waals surface area contributed by atoms with Crippen molar-refractivity contribution in [1.29, 1.82) is 0 Å². The lowest BCUT2D eigenvalue weighted by atomic mass is 9.84. The third-order valence-electron chi connectivity index (χ3n) is 6.22. The maximum atomic E-state index is 9.45. The number of aliphatic imine (C=N–C) groups is 1. The molecule has 3 aromatic rings. The van der Waals surface area contributed by atoms with Gasteiger partial charge in [0.1, 0.15) is 12.7 Å². The fraction of sp³-hybridized carbons (Fsp3) is 0.400. The molecular weight excluding hydrogens is 416 g/mol. The molecule has 3 N–H and O–H groups in total. The number of hydrogen-bond donors (Lipinski definition) is 3. The van der Waals surface area contributed by atoms with Crippen LogP contribution in [0.25, 0.3) is 11.1 Å². The van der Waals surface area contributed by atoms with E-state index in [0.717, 1.165) is 32.0 Å². The quantitative estimate of drug-likeness (QED) is 0.344. The van der Waals surface area contributed by atoms with Crippen molar-refractivity contribution >= 4 is 5.96 Å². The van der Waals surface area contributed by atoms with E-state index in [-0.39, 0.29) is 12.0 Å². The maximum Gasteiger partial charge on any atom is 0.191 e. The molecule has 0 spiro atoms. The molecule has 4 rings (SSSR count). The van der Waals surface area contributed by atoms with E-state index in [1.807, 2.05) is 4.68 Å². The minimum atomic E-state index is -0.0295. The highest BCUT2D eigenvalue weighted by molar-refractivity contribution is 5.80. The van der Waals surface area contributed by atoms with Crippen molar-refractivity contribution in [3.63, 3.8) is 0 Å². The third kappa shape index (κ3) is 5.97. The first-order chi connectivity index (χ1) is 16.2. The van der Waals surface area contributed by atoms with Gasteiger partial charge in [-0.3, -0.25) is 4.99 Å². The van der Waals surface area contributed by atoms with Crippen molar-refractivity contribution in [2.24, 2.45) is 10.4 Å². The first kappa shape index (κ1) is 22.9. The molecule has 1 aliphatic heterocycles. The monoisotopic (exact) mass is 448 g/mol. The first-order valence-electron chi connectivity index (χ1n) is 11.3. The SMILES string of the molecule is CN=C(NCc1ccccc1-c1ccc(Cn2cncn2)cc1)NCC1(CCO)CCOC1. The number of aliphatic hydroxyl groups excluding tert-OH is 1. The molecule has 1 aromatic heterocycles. The Hall–Kier alpha value is -3.23. The van der Waals surface area contributed by atoms with Crippen LogP contribution in [0.5, 0.6) is 0 Å². The highest BCUT2D eigenvalue weighted by Gasteiger charge is 2.34. The summed E-state index contributed by atoms with van der Waals surface area (Å²) >= 11 is 0. The van der Waals surface area contributed by atoms with Gasteiger partial charge in [0.2, 0.25) is 0 Å². The molecule has 0 radical (unpaired) electrons. The zero-order valence-corrected chi connectivity index (χ0v) is 19.1. The Morgan fingerprint density at radius 2 is 2.03 bits per heavy atom. The highest BCUT2D eigenvalue weighted by Crippen LogP contribution is 2.31. The number of rotatable bonds is 9. The van der Waals surface area contributed by atoms with E-state index in [1.54, 1.807) is 19.7 Å². The van der Waals surface area contributed by atoms with Crippen LogP contribution in [0, 0.1) is 5.41 Å². The topological polar surface area (TPSA) is 96.6 Å². The van der Waals surface area contributed by atoms with Gasteiger partial charge in [0.25, 0.3) is 0 Å². The average molecular weight is 449 g/mol. The van der Waals surface area contributed by atoms with Crippen LogP contribution in [0.1, 0.15) is 24.0 Å². The predicted molar refractivity (Wildman–Crippen MR) is 129 cm³/mol. The van der Waals surface area contributed by atoms with Gasteiger partial charge in [-0.2, -0.15) is 5.10 Å². The van der Waals surface area contributed by atoms with E-state index >= 15 is 0 Å². The molecule has 1 atom stereocenters. The fourth-order valence-electron chi connectivity index (χ4n) is 4.23. The summed E-state index contributed by atoms with van der Waals surface area (Å²) < 4.78 is 7.40. The maximum absolute atomic E-state index is 9.45. The Morgan fingerprint density at radius 3 is 2.73 bits per heavy atom. The van der Waals surface area contributed by atoms with Crippen molar-refractivity contribution in [3.8, 4) is 11.1 Å². The molecule has 0 bridgehead atoms. The van der Waals surface area contributed by atoms with E-state index in [0.29, 0.717) is 19.7 Å². The van der Waals surface area contributed by atoms with Crippen LogP contribution in [0.15, 0.2) is 66.2 Å². The molecule has 1 fully saturated rings. The highest BCUT2D eigenvalue weighted by atomic mass is 16.5. The second-order valence-electron chi connectivity index (χ2n) is 8.50. The van der Waals surface area contributed by atoms with Crippen LogP contribution in [0.4, 0.5) is 0 Å². The molecule has 0 amide bonds. The number of nitrogens with one attached hydrogen (secondary N) is 2. The lowest BCUT2D eigenvalue weighted by Gasteiger charge is -2.27. The average Bonchev–Trinajstić information content (AvgIpc) is 3.53. The van der Waals surface area contributed by atoms with Gasteiger partial charge < -0.3 is 20.5 Å². The van der Waals surface area contributed by atoms with E-state index in [4.69, 9.17) is 4.74 Å². The van der Waals surface area contributed by atoms with Crippen molar-refractivity contribution in [3.05, 3.63) is 72.3 Å². The van der Waals surface area contributed by atoms with Crippen LogP contribution in [0.3, 0.4) is 0 Å². The van der Waals surface area contributed by atoms with Crippen LogP contribution < -0.4 is 10.6 Å². The fourth-order valence-corrected chi connectivity index (χ4v) is 4.23. The Balaban J connectivity index is 1.39. The first-order valence-corrected chi connectivity index (χ1v) is 11.3. The second-order valence-corrected chi connectivity index (χ2v) is 8.50. The Bertz CT molecular complexity index is 1030. The molecule has 0 saturated carbocycles. The normalized spacial score (nSPS) is 18.4. The second kappa shape index (κ2) is 11.1. The molecule has 2 aromatic carbocycles. The van der Waals surface area contributed by atoms with Crippen molar-refractivity contribution < 1.29 is 9.84 Å². The summed E-state index contributed by atoms with van der Waals surface area (Å²) in [4.78, 5) is 8.38. The number of benzene rings is 2. The van der Waals surface area contributed by atoms with E-state index in [1.165, 1.54) is 22.3 Å². The zero-order valence-electron chi connectivity index (χ0n) is 19.1. The number of ether oxygens (including phenoxy) is 1. The van der Waals surface area contributed by atoms with Gasteiger partial charge in [-0.25, -0.2) is 9.67 Å². The van der Waals surface area contributed by atoms with E-state index in [2.05, 4.69) is 74.2 Å². The molecule has 0 aliphatic carbocycles. The van der Waals surface area contributed by atoms with Crippen LogP contribution in [-0.2, 0) is 17.8 Å². The predicted octanol–water partition coefficient (Wildman–Crippen LogP) is 2.45. The molecule has 2 heterocycles. The van der Waals surface area contributed by atoms with Gasteiger partial charge in [0, 0.05) is 38.8 Å². The van der Waals surface area contributed by atoms with Crippen molar-refractivity contribution in [2.75, 3.05) is 33.4 Å². The number of nitrogens with zero attached hydrogens (tertiary/aromatic N) is 4. The minimum Gasteiger partial charge on any atom is -0.396 e. The van der Waals surface area contributed by atoms with Gasteiger partial charge >= 0.3 is 0 Å². The summed E-state index contributed by atoms with van der Waals surface area (Å²) in [5.41, 5.74) is 4.70. The van der Waals surface area contributed by atoms with Gasteiger partial charge in [0.05, 0.1) is 13.2 Å². The molecular formula is C25H32N6O2. The smallest absolute Gasteiger partial charge is 0.191 e. The summed E-state index contributed by atoms with van der Waals surface area (Å²) in [6, 6.07) is 17.0. The largest absolute Gasteiger partial charge is 0.396 e. The van der Waals surface area contributed by atoms with Crippen LogP contribution in [0.2, 0.25) is 0 Å². The lowest BCUT2D eigenvalue weighted by Crippen LogP contribution is -2.44. The van der Waals surface area contributed by atoms with Gasteiger partial charge in [-0.1, -0.05) is 48.5 Å². The van der Waals surface area contributed by atoms with E-state index in [9.17, 15) is 5.11 Å². The number of aliphatic hydroxyl groups is 1. The Morgan fingerprint density at radius 1 is 1.18 bits per heavy atom. The van der Waals surface area contributed by atoms with Crippen LogP contribution in [-0.4, -0.2) is 59.2 Å². The Kier molecular flexibility index (Phi) is 7.70. The zero-order chi connectivity index (χ0) is 22.9. The number of aromatic nitrogens is 3. The van der Waals surface area contributed by atoms with Gasteiger partial charge in [-0.15, -0.1) is 0 Å². The molecule has 1 aliphatic rings. The molecule has 8 nitrogen and oxygen atoms in total. The third-order valence-corrected chi connectivity index (χ3v) is 6.22. The standard InChI is InChI=1S/C25H32N6O2/c1-26-24(29-16-25(10-12-32)11-13-33-17-25)28-14-22-4-2-3-5-23(22)21-8-6-20(7-9-21)15-31-19-27-18-30-31/h2-9,18-19,32H,10-17H2,1H3,(H2,26,28,29).